The normalized spacial score (nSPS) is 26.3. The molecule has 2 rings (SSSR count). The average Bonchev–Trinajstić information content (AvgIpc) is 2.69. The van der Waals surface area contributed by atoms with Gasteiger partial charge in [0.25, 0.3) is 0 Å². The van der Waals surface area contributed by atoms with Gasteiger partial charge in [0.2, 0.25) is 0 Å². The summed E-state index contributed by atoms with van der Waals surface area (Å²) in [6.45, 7) is 4.30. The monoisotopic (exact) mass is 194 g/mol. The van der Waals surface area contributed by atoms with Gasteiger partial charge in [0, 0.05) is 12.6 Å². The quantitative estimate of drug-likeness (QED) is 0.780. The first kappa shape index (κ1) is 9.74. The van der Waals surface area contributed by atoms with Crippen molar-refractivity contribution in [1.29, 1.82) is 0 Å². The zero-order chi connectivity index (χ0) is 9.97. The maximum Gasteiger partial charge on any atom is 0.120 e. The SMILES string of the molecule is C[C@H](c1ccco1)N1CCC[C@H](N)C1. The van der Waals surface area contributed by atoms with E-state index in [2.05, 4.69) is 11.8 Å². The lowest BCUT2D eigenvalue weighted by Crippen LogP contribution is -2.43. The van der Waals surface area contributed by atoms with E-state index in [0.29, 0.717) is 12.1 Å². The molecule has 0 spiro atoms. The summed E-state index contributed by atoms with van der Waals surface area (Å²) >= 11 is 0. The fourth-order valence-electron chi connectivity index (χ4n) is 2.10. The second-order valence-electron chi connectivity index (χ2n) is 4.09. The van der Waals surface area contributed by atoms with Gasteiger partial charge in [-0.15, -0.1) is 0 Å². The van der Waals surface area contributed by atoms with Gasteiger partial charge in [-0.3, -0.25) is 4.90 Å². The van der Waals surface area contributed by atoms with Crippen LogP contribution in [0.2, 0.25) is 0 Å². The molecule has 1 fully saturated rings. The third kappa shape index (κ3) is 1.99. The number of furan rings is 1. The van der Waals surface area contributed by atoms with Crippen molar-refractivity contribution in [3.63, 3.8) is 0 Å². The van der Waals surface area contributed by atoms with Gasteiger partial charge in [0.15, 0.2) is 0 Å². The lowest BCUT2D eigenvalue weighted by atomic mass is 10.0. The summed E-state index contributed by atoms with van der Waals surface area (Å²) in [7, 11) is 0. The highest BCUT2D eigenvalue weighted by molar-refractivity contribution is 5.04. The van der Waals surface area contributed by atoms with Crippen LogP contribution < -0.4 is 5.73 Å². The van der Waals surface area contributed by atoms with E-state index in [9.17, 15) is 0 Å². The Hall–Kier alpha value is -0.800. The predicted molar refractivity (Wildman–Crippen MR) is 55.9 cm³/mol. The van der Waals surface area contributed by atoms with Crippen molar-refractivity contribution >= 4 is 0 Å². The van der Waals surface area contributed by atoms with Crippen LogP contribution in [0.15, 0.2) is 22.8 Å². The summed E-state index contributed by atoms with van der Waals surface area (Å²) in [6.07, 6.45) is 4.09. The average molecular weight is 194 g/mol. The van der Waals surface area contributed by atoms with Gasteiger partial charge < -0.3 is 10.2 Å². The molecule has 2 N–H and O–H groups in total. The van der Waals surface area contributed by atoms with Gasteiger partial charge >= 0.3 is 0 Å². The van der Waals surface area contributed by atoms with E-state index in [1.165, 1.54) is 6.42 Å². The van der Waals surface area contributed by atoms with E-state index < -0.39 is 0 Å². The number of hydrogen-bond donors (Lipinski definition) is 1. The molecule has 0 aliphatic carbocycles. The largest absolute Gasteiger partial charge is 0.468 e. The summed E-state index contributed by atoms with van der Waals surface area (Å²) < 4.78 is 5.40. The van der Waals surface area contributed by atoms with Crippen molar-refractivity contribution in [2.24, 2.45) is 5.73 Å². The number of piperidine rings is 1. The second kappa shape index (κ2) is 4.15. The van der Waals surface area contributed by atoms with Crippen LogP contribution in [-0.4, -0.2) is 24.0 Å². The molecule has 0 radical (unpaired) electrons. The van der Waals surface area contributed by atoms with E-state index in [-0.39, 0.29) is 0 Å². The standard InChI is InChI=1S/C11H18N2O/c1-9(11-5-3-7-14-11)13-6-2-4-10(12)8-13/h3,5,7,9-10H,2,4,6,8,12H2,1H3/t9-,10+/m1/s1. The molecule has 1 aliphatic heterocycles. The zero-order valence-electron chi connectivity index (χ0n) is 8.65. The number of likely N-dealkylation sites (tertiary alicyclic amines) is 1. The van der Waals surface area contributed by atoms with Gasteiger partial charge in [0.1, 0.15) is 5.76 Å². The second-order valence-corrected chi connectivity index (χ2v) is 4.09. The Morgan fingerprint density at radius 3 is 3.14 bits per heavy atom. The number of rotatable bonds is 2. The topological polar surface area (TPSA) is 42.4 Å². The van der Waals surface area contributed by atoms with Crippen LogP contribution >= 0.6 is 0 Å². The van der Waals surface area contributed by atoms with Gasteiger partial charge in [-0.2, -0.15) is 0 Å². The Balaban J connectivity index is 2.00. The van der Waals surface area contributed by atoms with Crippen molar-refractivity contribution in [1.82, 2.24) is 4.90 Å². The maximum atomic E-state index is 5.94. The lowest BCUT2D eigenvalue weighted by Gasteiger charge is -2.34. The van der Waals surface area contributed by atoms with Crippen LogP contribution in [0.1, 0.15) is 31.6 Å². The fraction of sp³-hybridized carbons (Fsp3) is 0.636. The van der Waals surface area contributed by atoms with Gasteiger partial charge in [-0.1, -0.05) is 0 Å². The fourth-order valence-corrected chi connectivity index (χ4v) is 2.10. The molecule has 3 heteroatoms. The molecule has 0 unspecified atom stereocenters. The minimum absolute atomic E-state index is 0.334. The molecule has 2 atom stereocenters. The lowest BCUT2D eigenvalue weighted by molar-refractivity contribution is 0.144. The highest BCUT2D eigenvalue weighted by Crippen LogP contribution is 2.23. The van der Waals surface area contributed by atoms with Crippen LogP contribution in [0.5, 0.6) is 0 Å². The van der Waals surface area contributed by atoms with E-state index in [1.54, 1.807) is 6.26 Å². The van der Waals surface area contributed by atoms with E-state index in [4.69, 9.17) is 10.2 Å². The number of nitrogens with zero attached hydrogens (tertiary/aromatic N) is 1. The molecule has 0 aromatic carbocycles. The van der Waals surface area contributed by atoms with Crippen molar-refractivity contribution in [2.75, 3.05) is 13.1 Å². The van der Waals surface area contributed by atoms with Crippen LogP contribution in [0, 0.1) is 0 Å². The van der Waals surface area contributed by atoms with Crippen LogP contribution in [-0.2, 0) is 0 Å². The zero-order valence-corrected chi connectivity index (χ0v) is 8.65. The maximum absolute atomic E-state index is 5.94. The summed E-state index contributed by atoms with van der Waals surface area (Å²) in [6, 6.07) is 4.66. The van der Waals surface area contributed by atoms with E-state index >= 15 is 0 Å². The van der Waals surface area contributed by atoms with E-state index in [1.807, 2.05) is 12.1 Å². The summed E-state index contributed by atoms with van der Waals surface area (Å²) in [4.78, 5) is 2.40. The Kier molecular flexibility index (Phi) is 2.89. The van der Waals surface area contributed by atoms with Crippen molar-refractivity contribution in [3.05, 3.63) is 24.2 Å². The van der Waals surface area contributed by atoms with Crippen LogP contribution in [0.4, 0.5) is 0 Å². The summed E-state index contributed by atoms with van der Waals surface area (Å²) in [5, 5.41) is 0. The number of hydrogen-bond acceptors (Lipinski definition) is 3. The van der Waals surface area contributed by atoms with Crippen LogP contribution in [0.25, 0.3) is 0 Å². The first-order valence-electron chi connectivity index (χ1n) is 5.30. The Bertz CT molecular complexity index is 271. The Labute approximate surface area is 84.9 Å². The molecule has 0 bridgehead atoms. The van der Waals surface area contributed by atoms with Gasteiger partial charge in [0.05, 0.1) is 12.3 Å². The minimum Gasteiger partial charge on any atom is -0.468 e. The van der Waals surface area contributed by atoms with Crippen molar-refractivity contribution < 1.29 is 4.42 Å². The van der Waals surface area contributed by atoms with Crippen molar-refractivity contribution in [2.45, 2.75) is 31.8 Å². The van der Waals surface area contributed by atoms with Gasteiger partial charge in [-0.05, 0) is 38.4 Å². The third-order valence-corrected chi connectivity index (χ3v) is 2.99. The first-order chi connectivity index (χ1) is 6.77. The van der Waals surface area contributed by atoms with Crippen molar-refractivity contribution in [3.8, 4) is 0 Å². The molecule has 1 aromatic heterocycles. The molecule has 3 nitrogen and oxygen atoms in total. The third-order valence-electron chi connectivity index (χ3n) is 2.99. The molecular weight excluding hydrogens is 176 g/mol. The number of nitrogens with two attached hydrogens (primary N) is 1. The molecule has 1 aromatic rings. The van der Waals surface area contributed by atoms with Crippen LogP contribution in [0.3, 0.4) is 0 Å². The molecular formula is C11H18N2O. The molecule has 0 amide bonds. The highest BCUT2D eigenvalue weighted by Gasteiger charge is 2.23. The smallest absolute Gasteiger partial charge is 0.120 e. The minimum atomic E-state index is 0.334. The summed E-state index contributed by atoms with van der Waals surface area (Å²) in [5.41, 5.74) is 5.94. The molecule has 2 heterocycles. The Morgan fingerprint density at radius 2 is 2.50 bits per heavy atom. The highest BCUT2D eigenvalue weighted by atomic mass is 16.3. The molecule has 1 saturated heterocycles. The Morgan fingerprint density at radius 1 is 1.64 bits per heavy atom. The van der Waals surface area contributed by atoms with Gasteiger partial charge in [-0.25, -0.2) is 0 Å². The molecule has 0 saturated carbocycles. The van der Waals surface area contributed by atoms with E-state index in [0.717, 1.165) is 25.3 Å². The molecule has 1 aliphatic rings. The molecule has 14 heavy (non-hydrogen) atoms. The predicted octanol–water partition coefficient (Wildman–Crippen LogP) is 1.76. The summed E-state index contributed by atoms with van der Waals surface area (Å²) in [5.74, 6) is 1.04. The molecule has 78 valence electrons. The first-order valence-corrected chi connectivity index (χ1v) is 5.30.